The minimum atomic E-state index is -0.829. The van der Waals surface area contributed by atoms with Crippen LogP contribution in [0.2, 0.25) is 0 Å². The van der Waals surface area contributed by atoms with Crippen LogP contribution in [0.4, 0.5) is 0 Å². The summed E-state index contributed by atoms with van der Waals surface area (Å²) in [7, 11) is 0. The number of likely N-dealkylation sites (tertiary alicyclic amines) is 1. The van der Waals surface area contributed by atoms with Gasteiger partial charge >= 0.3 is 0 Å². The van der Waals surface area contributed by atoms with Crippen molar-refractivity contribution in [2.24, 2.45) is 5.41 Å². The van der Waals surface area contributed by atoms with Crippen molar-refractivity contribution in [3.05, 3.63) is 0 Å². The van der Waals surface area contributed by atoms with Gasteiger partial charge in [0.2, 0.25) is 11.8 Å². The summed E-state index contributed by atoms with van der Waals surface area (Å²) in [5, 5.41) is 9.51. The second kappa shape index (κ2) is 4.87. The Morgan fingerprint density at radius 1 is 0.850 bits per heavy atom. The number of imide groups is 1. The highest BCUT2D eigenvalue weighted by atomic mass is 16.2. The molecule has 1 aliphatic heterocycles. The van der Waals surface area contributed by atoms with Gasteiger partial charge in [-0.25, -0.2) is 0 Å². The molecule has 108 valence electrons. The number of hydrogen-bond donors (Lipinski definition) is 0. The van der Waals surface area contributed by atoms with E-state index in [-0.39, 0.29) is 17.2 Å². The van der Waals surface area contributed by atoms with E-state index in [2.05, 4.69) is 6.07 Å². The number of nitriles is 1. The van der Waals surface area contributed by atoms with Gasteiger partial charge in [-0.15, -0.1) is 0 Å². The van der Waals surface area contributed by atoms with E-state index in [0.29, 0.717) is 25.7 Å². The molecule has 3 aliphatic rings. The molecule has 0 atom stereocenters. The molecule has 1 spiro atoms. The van der Waals surface area contributed by atoms with Gasteiger partial charge in [0.15, 0.2) is 0 Å². The lowest BCUT2D eigenvalue weighted by molar-refractivity contribution is -0.160. The molecule has 0 unspecified atom stereocenters. The summed E-state index contributed by atoms with van der Waals surface area (Å²) in [5.41, 5.74) is -0.914. The first-order valence-corrected chi connectivity index (χ1v) is 7.88. The zero-order valence-electron chi connectivity index (χ0n) is 12.0. The number of carbonyl (C=O) groups is 2. The summed E-state index contributed by atoms with van der Waals surface area (Å²) in [6, 6.07) is 2.28. The van der Waals surface area contributed by atoms with E-state index in [1.807, 2.05) is 0 Å². The van der Waals surface area contributed by atoms with E-state index in [1.54, 1.807) is 0 Å². The average Bonchev–Trinajstić information content (AvgIpc) is 2.88. The third-order valence-corrected chi connectivity index (χ3v) is 5.53. The van der Waals surface area contributed by atoms with Crippen LogP contribution >= 0.6 is 0 Å². The number of carbonyl (C=O) groups excluding carboxylic acids is 2. The molecule has 0 bridgehead atoms. The van der Waals surface area contributed by atoms with Crippen LogP contribution in [-0.2, 0) is 9.59 Å². The first kappa shape index (κ1) is 13.6. The smallest absolute Gasteiger partial charge is 0.231 e. The number of nitrogens with zero attached hydrogens (tertiary/aromatic N) is 2. The van der Waals surface area contributed by atoms with Crippen molar-refractivity contribution in [3.63, 3.8) is 0 Å². The molecule has 0 aromatic heterocycles. The minimum absolute atomic E-state index is 0.0852. The topological polar surface area (TPSA) is 61.2 Å². The number of amides is 2. The fraction of sp³-hybridized carbons (Fsp3) is 0.812. The Morgan fingerprint density at radius 2 is 1.35 bits per heavy atom. The largest absolute Gasteiger partial charge is 0.274 e. The summed E-state index contributed by atoms with van der Waals surface area (Å²) >= 11 is 0. The first-order chi connectivity index (χ1) is 9.61. The van der Waals surface area contributed by atoms with Crippen LogP contribution in [0.15, 0.2) is 0 Å². The zero-order valence-corrected chi connectivity index (χ0v) is 12.0. The predicted molar refractivity (Wildman–Crippen MR) is 73.4 cm³/mol. The lowest BCUT2D eigenvalue weighted by atomic mass is 9.67. The van der Waals surface area contributed by atoms with E-state index < -0.39 is 5.54 Å². The summed E-state index contributed by atoms with van der Waals surface area (Å²) in [4.78, 5) is 26.5. The van der Waals surface area contributed by atoms with Crippen LogP contribution in [-0.4, -0.2) is 22.3 Å². The van der Waals surface area contributed by atoms with Crippen molar-refractivity contribution in [1.29, 1.82) is 5.26 Å². The quantitative estimate of drug-likeness (QED) is 0.691. The van der Waals surface area contributed by atoms with E-state index >= 15 is 0 Å². The summed E-state index contributed by atoms with van der Waals surface area (Å²) in [6.45, 7) is 0. The van der Waals surface area contributed by atoms with Crippen LogP contribution in [0.25, 0.3) is 0 Å². The molecular weight excluding hydrogens is 252 g/mol. The third kappa shape index (κ3) is 2.04. The van der Waals surface area contributed by atoms with Gasteiger partial charge in [0.05, 0.1) is 6.07 Å². The van der Waals surface area contributed by atoms with Gasteiger partial charge in [-0.3, -0.25) is 14.5 Å². The number of piperidine rings is 1. The van der Waals surface area contributed by atoms with Gasteiger partial charge in [0.25, 0.3) is 0 Å². The highest BCUT2D eigenvalue weighted by molar-refractivity contribution is 6.00. The maximum atomic E-state index is 12.6. The summed E-state index contributed by atoms with van der Waals surface area (Å²) < 4.78 is 0. The fourth-order valence-corrected chi connectivity index (χ4v) is 4.48. The predicted octanol–water partition coefficient (Wildman–Crippen LogP) is 2.92. The molecule has 0 radical (unpaired) electrons. The lowest BCUT2D eigenvalue weighted by Gasteiger charge is -2.46. The van der Waals surface area contributed by atoms with E-state index in [4.69, 9.17) is 0 Å². The van der Waals surface area contributed by atoms with E-state index in [9.17, 15) is 14.9 Å². The molecule has 0 aromatic rings. The summed E-state index contributed by atoms with van der Waals surface area (Å²) in [6.07, 6.45) is 9.62. The highest BCUT2D eigenvalue weighted by Gasteiger charge is 2.52. The Morgan fingerprint density at radius 3 is 1.85 bits per heavy atom. The zero-order chi connectivity index (χ0) is 14.2. The Balaban J connectivity index is 1.84. The molecule has 3 fully saturated rings. The minimum Gasteiger partial charge on any atom is -0.274 e. The van der Waals surface area contributed by atoms with Crippen LogP contribution < -0.4 is 0 Å². The normalized spacial score (nSPS) is 28.6. The molecule has 1 heterocycles. The van der Waals surface area contributed by atoms with Crippen molar-refractivity contribution in [2.75, 3.05) is 0 Å². The Kier molecular flexibility index (Phi) is 3.32. The molecule has 2 saturated carbocycles. The standard InChI is InChI=1S/C16H22N2O2/c17-12-16(8-4-5-9-16)18-13(19)10-15(11-14(18)20)6-2-1-3-7-15/h1-11H2. The second-order valence-corrected chi connectivity index (χ2v) is 6.89. The van der Waals surface area contributed by atoms with E-state index in [1.165, 1.54) is 11.3 Å². The molecule has 2 aliphatic carbocycles. The van der Waals surface area contributed by atoms with Gasteiger partial charge in [-0.05, 0) is 43.9 Å². The van der Waals surface area contributed by atoms with Crippen molar-refractivity contribution in [1.82, 2.24) is 4.90 Å². The Labute approximate surface area is 120 Å². The molecular formula is C16H22N2O2. The van der Waals surface area contributed by atoms with Gasteiger partial charge in [-0.1, -0.05) is 19.3 Å². The fourth-order valence-electron chi connectivity index (χ4n) is 4.48. The van der Waals surface area contributed by atoms with Crippen LogP contribution in [0.5, 0.6) is 0 Å². The highest BCUT2D eigenvalue weighted by Crippen LogP contribution is 2.48. The maximum Gasteiger partial charge on any atom is 0.231 e. The molecule has 1 saturated heterocycles. The molecule has 20 heavy (non-hydrogen) atoms. The van der Waals surface area contributed by atoms with Gasteiger partial charge in [0, 0.05) is 12.8 Å². The SMILES string of the molecule is N#CC1(N2C(=O)CC3(CCCCC3)CC2=O)CCCC1. The summed E-state index contributed by atoms with van der Waals surface area (Å²) in [5.74, 6) is -0.182. The Hall–Kier alpha value is -1.37. The van der Waals surface area contributed by atoms with Gasteiger partial charge in [-0.2, -0.15) is 5.26 Å². The van der Waals surface area contributed by atoms with Crippen LogP contribution in [0, 0.1) is 16.7 Å². The van der Waals surface area contributed by atoms with Crippen molar-refractivity contribution in [3.8, 4) is 6.07 Å². The average molecular weight is 274 g/mol. The molecule has 4 nitrogen and oxygen atoms in total. The Bertz CT molecular complexity index is 445. The van der Waals surface area contributed by atoms with Crippen molar-refractivity contribution >= 4 is 11.8 Å². The van der Waals surface area contributed by atoms with Crippen LogP contribution in [0.1, 0.15) is 70.6 Å². The molecule has 3 rings (SSSR count). The molecule has 4 heteroatoms. The third-order valence-electron chi connectivity index (χ3n) is 5.53. The first-order valence-electron chi connectivity index (χ1n) is 7.88. The molecule has 0 aromatic carbocycles. The number of hydrogen-bond acceptors (Lipinski definition) is 3. The maximum absolute atomic E-state index is 12.6. The monoisotopic (exact) mass is 274 g/mol. The van der Waals surface area contributed by atoms with E-state index in [0.717, 1.165) is 38.5 Å². The molecule has 0 N–H and O–H groups in total. The van der Waals surface area contributed by atoms with Gasteiger partial charge < -0.3 is 0 Å². The van der Waals surface area contributed by atoms with Gasteiger partial charge in [0.1, 0.15) is 5.54 Å². The van der Waals surface area contributed by atoms with Crippen LogP contribution in [0.3, 0.4) is 0 Å². The second-order valence-electron chi connectivity index (χ2n) is 6.89. The van der Waals surface area contributed by atoms with Crippen molar-refractivity contribution < 1.29 is 9.59 Å². The number of rotatable bonds is 1. The lowest BCUT2D eigenvalue weighted by Crippen LogP contribution is -2.58. The van der Waals surface area contributed by atoms with Crippen molar-refractivity contribution in [2.45, 2.75) is 76.2 Å². The molecule has 2 amide bonds.